The van der Waals surface area contributed by atoms with Crippen molar-refractivity contribution in [2.75, 3.05) is 6.61 Å². The van der Waals surface area contributed by atoms with Crippen molar-refractivity contribution < 1.29 is 14.3 Å². The quantitative estimate of drug-likeness (QED) is 0.443. The van der Waals surface area contributed by atoms with Crippen LogP contribution >= 0.6 is 0 Å². The highest BCUT2D eigenvalue weighted by Crippen LogP contribution is 2.61. The minimum Gasteiger partial charge on any atom is -0.458 e. The van der Waals surface area contributed by atoms with E-state index in [0.717, 1.165) is 31.3 Å². The number of ether oxygens (including phenoxy) is 1. The summed E-state index contributed by atoms with van der Waals surface area (Å²) in [5, 5.41) is 0. The van der Waals surface area contributed by atoms with Gasteiger partial charge in [0.25, 0.3) is 0 Å². The molecule has 126 valence electrons. The molecule has 4 atom stereocenters. The van der Waals surface area contributed by atoms with Gasteiger partial charge in [0, 0.05) is 11.0 Å². The first-order chi connectivity index (χ1) is 10.9. The number of carbonyl (C=O) groups excluding carboxylic acids is 2. The Balaban J connectivity index is 1.89. The van der Waals surface area contributed by atoms with Gasteiger partial charge >= 0.3 is 5.97 Å². The number of allylic oxidation sites excluding steroid dienone is 2. The van der Waals surface area contributed by atoms with E-state index in [1.54, 1.807) is 0 Å². The van der Waals surface area contributed by atoms with Crippen molar-refractivity contribution in [3.63, 3.8) is 0 Å². The summed E-state index contributed by atoms with van der Waals surface area (Å²) in [7, 11) is 0. The molecule has 3 nitrogen and oxygen atoms in total. The zero-order chi connectivity index (χ0) is 16.7. The van der Waals surface area contributed by atoms with Crippen LogP contribution < -0.4 is 0 Å². The molecule has 0 bridgehead atoms. The number of hydrogen-bond acceptors (Lipinski definition) is 3. The number of aldehydes is 1. The van der Waals surface area contributed by atoms with E-state index >= 15 is 0 Å². The lowest BCUT2D eigenvalue weighted by Gasteiger charge is -2.57. The topological polar surface area (TPSA) is 43.4 Å². The molecule has 3 rings (SSSR count). The third-order valence-corrected chi connectivity index (χ3v) is 7.09. The fourth-order valence-electron chi connectivity index (χ4n) is 5.28. The maximum atomic E-state index is 12.3. The lowest BCUT2D eigenvalue weighted by molar-refractivity contribution is -0.138. The molecule has 1 saturated carbocycles. The lowest BCUT2D eigenvalue weighted by Crippen LogP contribution is -2.52. The molecule has 0 radical (unpaired) electrons. The van der Waals surface area contributed by atoms with E-state index in [1.165, 1.54) is 18.3 Å². The Hall–Kier alpha value is -1.38. The maximum Gasteiger partial charge on any atom is 0.334 e. The zero-order valence-corrected chi connectivity index (χ0v) is 14.6. The summed E-state index contributed by atoms with van der Waals surface area (Å²) in [5.41, 5.74) is 2.03. The fraction of sp³-hybridized carbons (Fsp3) is 0.700. The van der Waals surface area contributed by atoms with E-state index in [1.807, 2.05) is 6.08 Å². The van der Waals surface area contributed by atoms with Crippen LogP contribution in [-0.4, -0.2) is 18.9 Å². The zero-order valence-electron chi connectivity index (χ0n) is 14.6. The first-order valence-electron chi connectivity index (χ1n) is 8.94. The average Bonchev–Trinajstić information content (AvgIpc) is 2.95. The average molecular weight is 316 g/mol. The summed E-state index contributed by atoms with van der Waals surface area (Å²) in [5.74, 6) is 0.568. The molecule has 1 heterocycles. The Morgan fingerprint density at radius 2 is 2.13 bits per heavy atom. The van der Waals surface area contributed by atoms with E-state index in [0.29, 0.717) is 24.9 Å². The maximum absolute atomic E-state index is 12.3. The monoisotopic (exact) mass is 316 g/mol. The summed E-state index contributed by atoms with van der Waals surface area (Å²) >= 11 is 0. The fourth-order valence-corrected chi connectivity index (χ4v) is 5.28. The normalized spacial score (nSPS) is 40.0. The molecule has 0 aromatic rings. The molecule has 1 aliphatic heterocycles. The predicted molar refractivity (Wildman–Crippen MR) is 89.8 cm³/mol. The molecule has 0 spiro atoms. The minimum absolute atomic E-state index is 0.135. The van der Waals surface area contributed by atoms with Gasteiger partial charge in [-0.15, -0.1) is 0 Å². The third kappa shape index (κ3) is 2.49. The molecule has 3 aliphatic rings. The van der Waals surface area contributed by atoms with Crippen molar-refractivity contribution in [3.8, 4) is 0 Å². The summed E-state index contributed by atoms with van der Waals surface area (Å²) in [4.78, 5) is 24.1. The van der Waals surface area contributed by atoms with Gasteiger partial charge in [-0.1, -0.05) is 25.5 Å². The van der Waals surface area contributed by atoms with Crippen LogP contribution in [0.25, 0.3) is 0 Å². The van der Waals surface area contributed by atoms with Gasteiger partial charge in [0.15, 0.2) is 0 Å². The van der Waals surface area contributed by atoms with Gasteiger partial charge in [-0.05, 0) is 68.8 Å². The molecule has 0 saturated heterocycles. The lowest BCUT2D eigenvalue weighted by atomic mass is 9.46. The van der Waals surface area contributed by atoms with Gasteiger partial charge in [-0.2, -0.15) is 0 Å². The minimum atomic E-state index is -0.313. The Kier molecular flexibility index (Phi) is 4.24. The number of carbonyl (C=O) groups is 2. The van der Waals surface area contributed by atoms with Crippen molar-refractivity contribution >= 4 is 12.3 Å². The van der Waals surface area contributed by atoms with Gasteiger partial charge in [-0.3, -0.25) is 0 Å². The highest BCUT2D eigenvalue weighted by molar-refractivity contribution is 5.90. The van der Waals surface area contributed by atoms with Gasteiger partial charge in [-0.25, -0.2) is 4.79 Å². The first kappa shape index (κ1) is 16.5. The van der Waals surface area contributed by atoms with E-state index in [2.05, 4.69) is 26.8 Å². The van der Waals surface area contributed by atoms with Crippen LogP contribution in [0.3, 0.4) is 0 Å². The van der Waals surface area contributed by atoms with Gasteiger partial charge < -0.3 is 9.53 Å². The van der Waals surface area contributed by atoms with Crippen molar-refractivity contribution in [2.24, 2.45) is 22.7 Å². The second-order valence-corrected chi connectivity index (χ2v) is 7.93. The molecular weight excluding hydrogens is 288 g/mol. The smallest absolute Gasteiger partial charge is 0.334 e. The summed E-state index contributed by atoms with van der Waals surface area (Å²) < 4.78 is 5.01. The van der Waals surface area contributed by atoms with Crippen LogP contribution in [0.15, 0.2) is 23.3 Å². The summed E-state index contributed by atoms with van der Waals surface area (Å²) in [6.45, 7) is 7.19. The molecule has 2 aliphatic carbocycles. The van der Waals surface area contributed by atoms with E-state index in [4.69, 9.17) is 4.74 Å². The third-order valence-electron chi connectivity index (χ3n) is 7.09. The van der Waals surface area contributed by atoms with Crippen molar-refractivity contribution in [3.05, 3.63) is 23.3 Å². The molecule has 23 heavy (non-hydrogen) atoms. The standard InChI is InChI=1S/C20H28O3/c1-14-5-4-6-17-19(14,3)10-7-15(2)20(17,13-21)11-8-16-9-12-23-18(16)22/h5,9,13,15,17H,4,6-8,10-12H2,1-3H3. The highest BCUT2D eigenvalue weighted by Gasteiger charge is 2.55. The van der Waals surface area contributed by atoms with Crippen LogP contribution in [0.2, 0.25) is 0 Å². The molecular formula is C20H28O3. The molecule has 0 amide bonds. The Bertz CT molecular complexity index is 573. The number of fused-ring (bicyclic) bond motifs is 1. The molecule has 0 N–H and O–H groups in total. The first-order valence-corrected chi connectivity index (χ1v) is 8.94. The van der Waals surface area contributed by atoms with Gasteiger partial charge in [0.1, 0.15) is 12.9 Å². The second-order valence-electron chi connectivity index (χ2n) is 7.93. The van der Waals surface area contributed by atoms with Crippen molar-refractivity contribution in [2.45, 2.75) is 59.3 Å². The molecule has 0 aromatic carbocycles. The van der Waals surface area contributed by atoms with Crippen LogP contribution in [0.1, 0.15) is 59.3 Å². The highest BCUT2D eigenvalue weighted by atomic mass is 16.5. The summed E-state index contributed by atoms with van der Waals surface area (Å²) in [6, 6.07) is 0. The largest absolute Gasteiger partial charge is 0.458 e. The number of cyclic esters (lactones) is 1. The number of hydrogen-bond donors (Lipinski definition) is 0. The molecule has 1 fully saturated rings. The number of esters is 1. The molecule has 0 aromatic heterocycles. The van der Waals surface area contributed by atoms with E-state index in [-0.39, 0.29) is 16.8 Å². The SMILES string of the molecule is CC1=CCCC2C1(C)CCC(C)C2(C=O)CCC1=CCOC1=O. The van der Waals surface area contributed by atoms with Gasteiger partial charge in [0.2, 0.25) is 0 Å². The molecule has 3 heteroatoms. The van der Waals surface area contributed by atoms with E-state index in [9.17, 15) is 9.59 Å². The van der Waals surface area contributed by atoms with Gasteiger partial charge in [0.05, 0.1) is 0 Å². The van der Waals surface area contributed by atoms with Crippen LogP contribution in [-0.2, 0) is 14.3 Å². The van der Waals surface area contributed by atoms with Crippen molar-refractivity contribution in [1.82, 2.24) is 0 Å². The molecule has 4 unspecified atom stereocenters. The Morgan fingerprint density at radius 1 is 1.35 bits per heavy atom. The Labute approximate surface area is 139 Å². The van der Waals surface area contributed by atoms with E-state index < -0.39 is 0 Å². The van der Waals surface area contributed by atoms with Crippen LogP contribution in [0.4, 0.5) is 0 Å². The second kappa shape index (κ2) is 5.92. The van der Waals surface area contributed by atoms with Crippen molar-refractivity contribution in [1.29, 1.82) is 0 Å². The predicted octanol–water partition coefficient (Wildman–Crippen LogP) is 4.23. The summed E-state index contributed by atoms with van der Waals surface area (Å²) in [6.07, 6.45) is 11.3. The van der Waals surface area contributed by atoms with Crippen LogP contribution in [0, 0.1) is 22.7 Å². The van der Waals surface area contributed by atoms with Crippen LogP contribution in [0.5, 0.6) is 0 Å². The number of rotatable bonds is 4. The Morgan fingerprint density at radius 3 is 2.78 bits per heavy atom.